The molecule has 9 heteroatoms. The van der Waals surface area contributed by atoms with E-state index in [1.807, 2.05) is 18.2 Å². The average Bonchev–Trinajstić information content (AvgIpc) is 3.24. The van der Waals surface area contributed by atoms with Crippen LogP contribution >= 0.6 is 0 Å². The van der Waals surface area contributed by atoms with Crippen molar-refractivity contribution >= 4 is 11.9 Å². The first kappa shape index (κ1) is 25.0. The minimum atomic E-state index is -0.629. The van der Waals surface area contributed by atoms with Gasteiger partial charge in [0, 0.05) is 19.2 Å². The normalized spacial score (nSPS) is 17.1. The third-order valence-corrected chi connectivity index (χ3v) is 6.43. The Balaban J connectivity index is 1.63. The van der Waals surface area contributed by atoms with Crippen molar-refractivity contribution in [3.63, 3.8) is 0 Å². The van der Waals surface area contributed by atoms with E-state index < -0.39 is 6.04 Å². The summed E-state index contributed by atoms with van der Waals surface area (Å²) in [7, 11) is 6.31. The molecule has 2 aromatic rings. The van der Waals surface area contributed by atoms with E-state index in [9.17, 15) is 9.59 Å². The van der Waals surface area contributed by atoms with E-state index in [1.165, 1.54) is 0 Å². The lowest BCUT2D eigenvalue weighted by molar-refractivity contribution is -0.125. The summed E-state index contributed by atoms with van der Waals surface area (Å²) >= 11 is 0. The van der Waals surface area contributed by atoms with Crippen molar-refractivity contribution in [1.29, 1.82) is 0 Å². The summed E-state index contributed by atoms with van der Waals surface area (Å²) in [4.78, 5) is 30.1. The fourth-order valence-corrected chi connectivity index (χ4v) is 4.60. The second-order valence-electron chi connectivity index (χ2n) is 8.45. The van der Waals surface area contributed by atoms with Gasteiger partial charge in [0.2, 0.25) is 0 Å². The number of rotatable bonds is 10. The number of hydrogen-bond donors (Lipinski definition) is 1. The van der Waals surface area contributed by atoms with Crippen LogP contribution in [0.5, 0.6) is 23.0 Å². The molecule has 0 saturated carbocycles. The quantitative estimate of drug-likeness (QED) is 0.511. The van der Waals surface area contributed by atoms with Gasteiger partial charge < -0.3 is 29.2 Å². The zero-order valence-corrected chi connectivity index (χ0v) is 21.0. The Labute approximate surface area is 210 Å². The summed E-state index contributed by atoms with van der Waals surface area (Å²) in [6.07, 6.45) is 2.27. The van der Waals surface area contributed by atoms with Crippen molar-refractivity contribution in [1.82, 2.24) is 15.1 Å². The van der Waals surface area contributed by atoms with E-state index >= 15 is 0 Å². The van der Waals surface area contributed by atoms with Gasteiger partial charge in [-0.1, -0.05) is 12.1 Å². The van der Waals surface area contributed by atoms with Gasteiger partial charge in [0.05, 0.1) is 52.3 Å². The van der Waals surface area contributed by atoms with Crippen molar-refractivity contribution in [2.45, 2.75) is 12.5 Å². The minimum absolute atomic E-state index is 0.119. The molecule has 36 heavy (non-hydrogen) atoms. The SMILES string of the molecule is C=CCN1C(=O)N[C@H](c2cc(OC)cc(OC)c2)C2=C1CN(CCc1ccc(OC)c(OC)c1)C2=O. The lowest BCUT2D eigenvalue weighted by atomic mass is 9.95. The lowest BCUT2D eigenvalue weighted by Crippen LogP contribution is -2.47. The van der Waals surface area contributed by atoms with Crippen molar-refractivity contribution in [2.24, 2.45) is 0 Å². The molecular weight excluding hydrogens is 462 g/mol. The Morgan fingerprint density at radius 1 is 0.972 bits per heavy atom. The van der Waals surface area contributed by atoms with Crippen molar-refractivity contribution in [3.8, 4) is 23.0 Å². The fourth-order valence-electron chi connectivity index (χ4n) is 4.60. The molecule has 0 unspecified atom stereocenters. The lowest BCUT2D eigenvalue weighted by Gasteiger charge is -2.33. The number of amides is 3. The van der Waals surface area contributed by atoms with Gasteiger partial charge in [-0.25, -0.2) is 4.79 Å². The molecule has 0 aromatic heterocycles. The van der Waals surface area contributed by atoms with Crippen LogP contribution in [0.15, 0.2) is 60.3 Å². The maximum Gasteiger partial charge on any atom is 0.322 e. The maximum atomic E-state index is 13.7. The molecule has 190 valence electrons. The van der Waals surface area contributed by atoms with E-state index in [4.69, 9.17) is 18.9 Å². The van der Waals surface area contributed by atoms with Crippen LogP contribution in [-0.4, -0.2) is 69.8 Å². The van der Waals surface area contributed by atoms with Gasteiger partial charge >= 0.3 is 6.03 Å². The number of nitrogens with zero attached hydrogens (tertiary/aromatic N) is 2. The van der Waals surface area contributed by atoms with Gasteiger partial charge in [-0.05, 0) is 41.8 Å². The number of nitrogens with one attached hydrogen (secondary N) is 1. The highest BCUT2D eigenvalue weighted by Crippen LogP contribution is 2.38. The first-order valence-electron chi connectivity index (χ1n) is 11.6. The molecule has 4 rings (SSSR count). The number of benzene rings is 2. The molecule has 9 nitrogen and oxygen atoms in total. The molecule has 2 aromatic carbocycles. The largest absolute Gasteiger partial charge is 0.497 e. The summed E-state index contributed by atoms with van der Waals surface area (Å²) in [6.45, 7) is 4.89. The van der Waals surface area contributed by atoms with E-state index in [1.54, 1.807) is 62.5 Å². The standard InChI is InChI=1S/C27H31N3O6/c1-6-10-30-21-16-29(11-9-17-7-8-22(35-4)23(12-17)36-5)26(31)24(21)25(28-27(30)32)18-13-19(33-2)15-20(14-18)34-3/h6-8,12-15,25H,1,9-11,16H2,2-5H3,(H,28,32)/t25-/m1/s1. The maximum absolute atomic E-state index is 13.7. The Hall–Kier alpha value is -4.14. The number of ether oxygens (including phenoxy) is 4. The summed E-state index contributed by atoms with van der Waals surface area (Å²) in [5.41, 5.74) is 2.94. The zero-order valence-electron chi connectivity index (χ0n) is 21.0. The Morgan fingerprint density at radius 2 is 1.67 bits per heavy atom. The first-order valence-corrected chi connectivity index (χ1v) is 11.6. The van der Waals surface area contributed by atoms with Gasteiger partial charge in [-0.15, -0.1) is 6.58 Å². The molecule has 0 spiro atoms. The molecular formula is C27H31N3O6. The fraction of sp³-hybridized carbons (Fsp3) is 0.333. The zero-order chi connectivity index (χ0) is 25.8. The first-order chi connectivity index (χ1) is 17.4. The molecule has 2 aliphatic heterocycles. The monoisotopic (exact) mass is 493 g/mol. The highest BCUT2D eigenvalue weighted by Gasteiger charge is 2.43. The van der Waals surface area contributed by atoms with Crippen LogP contribution in [0.1, 0.15) is 17.2 Å². The van der Waals surface area contributed by atoms with E-state index in [-0.39, 0.29) is 11.9 Å². The van der Waals surface area contributed by atoms with Crippen LogP contribution in [0.4, 0.5) is 4.79 Å². The number of methoxy groups -OCH3 is 4. The van der Waals surface area contributed by atoms with Crippen LogP contribution in [0.3, 0.4) is 0 Å². The summed E-state index contributed by atoms with van der Waals surface area (Å²) in [5, 5.41) is 2.99. The Bertz CT molecular complexity index is 1190. The van der Waals surface area contributed by atoms with Crippen LogP contribution in [-0.2, 0) is 11.2 Å². The van der Waals surface area contributed by atoms with Gasteiger partial charge in [0.1, 0.15) is 11.5 Å². The Kier molecular flexibility index (Phi) is 7.38. The molecule has 2 aliphatic rings. The summed E-state index contributed by atoms with van der Waals surface area (Å²) in [5.74, 6) is 2.32. The molecule has 0 bridgehead atoms. The smallest absolute Gasteiger partial charge is 0.322 e. The second kappa shape index (κ2) is 10.6. The van der Waals surface area contributed by atoms with Crippen molar-refractivity contribution in [2.75, 3.05) is 48.1 Å². The summed E-state index contributed by atoms with van der Waals surface area (Å²) < 4.78 is 21.5. The van der Waals surface area contributed by atoms with Crippen molar-refractivity contribution in [3.05, 3.63) is 71.5 Å². The van der Waals surface area contributed by atoms with Crippen LogP contribution in [0, 0.1) is 0 Å². The van der Waals surface area contributed by atoms with Crippen LogP contribution < -0.4 is 24.3 Å². The highest BCUT2D eigenvalue weighted by atomic mass is 16.5. The van der Waals surface area contributed by atoms with Gasteiger partial charge in [0.15, 0.2) is 11.5 Å². The van der Waals surface area contributed by atoms with Gasteiger partial charge in [-0.2, -0.15) is 0 Å². The second-order valence-corrected chi connectivity index (χ2v) is 8.45. The number of hydrogen-bond acceptors (Lipinski definition) is 6. The molecule has 2 heterocycles. The molecule has 0 aliphatic carbocycles. The predicted octanol–water partition coefficient (Wildman–Crippen LogP) is 3.31. The number of urea groups is 1. The predicted molar refractivity (Wildman–Crippen MR) is 135 cm³/mol. The van der Waals surface area contributed by atoms with Crippen LogP contribution in [0.2, 0.25) is 0 Å². The van der Waals surface area contributed by atoms with Gasteiger partial charge in [0.25, 0.3) is 5.91 Å². The van der Waals surface area contributed by atoms with Crippen molar-refractivity contribution < 1.29 is 28.5 Å². The number of carbonyl (C=O) groups is 2. The molecule has 0 radical (unpaired) electrons. The molecule has 0 fully saturated rings. The highest BCUT2D eigenvalue weighted by molar-refractivity contribution is 6.01. The third-order valence-electron chi connectivity index (χ3n) is 6.43. The van der Waals surface area contributed by atoms with Gasteiger partial charge in [-0.3, -0.25) is 9.69 Å². The summed E-state index contributed by atoms with van der Waals surface area (Å²) in [6, 6.07) is 10.2. The molecule has 1 atom stereocenters. The van der Waals surface area contributed by atoms with E-state index in [0.29, 0.717) is 65.9 Å². The molecule has 3 amide bonds. The molecule has 0 saturated heterocycles. The minimum Gasteiger partial charge on any atom is -0.497 e. The van der Waals surface area contributed by atoms with E-state index in [0.717, 1.165) is 5.56 Å². The van der Waals surface area contributed by atoms with Crippen LogP contribution in [0.25, 0.3) is 0 Å². The number of carbonyl (C=O) groups excluding carboxylic acids is 2. The average molecular weight is 494 g/mol. The third kappa shape index (κ3) is 4.68. The topological polar surface area (TPSA) is 89.6 Å². The van der Waals surface area contributed by atoms with E-state index in [2.05, 4.69) is 11.9 Å². The molecule has 1 N–H and O–H groups in total. The Morgan fingerprint density at radius 3 is 2.28 bits per heavy atom.